The van der Waals surface area contributed by atoms with Gasteiger partial charge in [-0.25, -0.2) is 9.59 Å². The van der Waals surface area contributed by atoms with Gasteiger partial charge in [0.2, 0.25) is 0 Å². The fourth-order valence-corrected chi connectivity index (χ4v) is 4.89. The molecule has 2 aliphatic carbocycles. The third kappa shape index (κ3) is 3.30. The van der Waals surface area contributed by atoms with Gasteiger partial charge in [0.05, 0.1) is 29.6 Å². The number of hydrogen-bond acceptors (Lipinski definition) is 7. The summed E-state index contributed by atoms with van der Waals surface area (Å²) in [5.74, 6) is -3.44. The van der Waals surface area contributed by atoms with E-state index in [1.807, 2.05) is 0 Å². The molecule has 3 rings (SSSR count). The van der Waals surface area contributed by atoms with Gasteiger partial charge in [0, 0.05) is 29.4 Å². The van der Waals surface area contributed by atoms with Gasteiger partial charge in [-0.3, -0.25) is 0 Å². The van der Waals surface area contributed by atoms with Gasteiger partial charge in [-0.15, -0.1) is 11.6 Å². The van der Waals surface area contributed by atoms with Gasteiger partial charge in [0.25, 0.3) is 0 Å². The highest BCUT2D eigenvalue weighted by atomic mass is 35.5. The molecule has 3 aliphatic rings. The van der Waals surface area contributed by atoms with Crippen LogP contribution in [-0.4, -0.2) is 63.2 Å². The fourth-order valence-electron chi connectivity index (χ4n) is 4.60. The van der Waals surface area contributed by atoms with Gasteiger partial charge in [0.1, 0.15) is 12.2 Å². The highest BCUT2D eigenvalue weighted by Gasteiger charge is 2.63. The van der Waals surface area contributed by atoms with E-state index in [-0.39, 0.29) is 30.1 Å². The maximum absolute atomic E-state index is 12.4. The average Bonchev–Trinajstić information content (AvgIpc) is 3.06. The summed E-state index contributed by atoms with van der Waals surface area (Å²) < 4.78 is 11.1. The number of fused-ring (bicyclic) bond motifs is 3. The number of ether oxygens (including phenoxy) is 2. The maximum Gasteiger partial charge on any atom is 0.334 e. The predicted octanol–water partition coefficient (Wildman–Crippen LogP) is 0.861. The molecule has 154 valence electrons. The highest BCUT2D eigenvalue weighted by molar-refractivity contribution is 6.18. The van der Waals surface area contributed by atoms with Crippen LogP contribution in [0.15, 0.2) is 36.0 Å². The van der Waals surface area contributed by atoms with Crippen LogP contribution < -0.4 is 0 Å². The SMILES string of the molecule is C=C1C(=O)O[C@H]2[C@H]1[C@H](OC(=O)/C(C)=C/CO)C[C@](O)(CCl)[C@@H]1C=C[C@@](C)(O)[C@H]21. The van der Waals surface area contributed by atoms with Crippen molar-refractivity contribution in [1.82, 2.24) is 0 Å². The summed E-state index contributed by atoms with van der Waals surface area (Å²) in [5, 5.41) is 31.2. The minimum absolute atomic E-state index is 0.0486. The van der Waals surface area contributed by atoms with E-state index in [1.165, 1.54) is 13.0 Å². The Hall–Kier alpha value is -1.67. The van der Waals surface area contributed by atoms with E-state index < -0.39 is 53.1 Å². The normalized spacial score (nSPS) is 42.6. The first-order chi connectivity index (χ1) is 13.1. The van der Waals surface area contributed by atoms with Crippen molar-refractivity contribution in [3.05, 3.63) is 36.0 Å². The number of halogens is 1. The smallest absolute Gasteiger partial charge is 0.334 e. The minimum atomic E-state index is -1.49. The van der Waals surface area contributed by atoms with Crippen molar-refractivity contribution in [2.45, 2.75) is 43.7 Å². The summed E-state index contributed by atoms with van der Waals surface area (Å²) >= 11 is 6.11. The van der Waals surface area contributed by atoms with Gasteiger partial charge < -0.3 is 24.8 Å². The number of alkyl halides is 1. The standard InChI is InChI=1S/C20H25ClO7/c1-10(5-7-22)17(23)27-13-8-20(26,9-21)12-4-6-19(3,25)15(12)16-14(13)11(2)18(24)28-16/h4-6,12-16,22,25-26H,2,7-9H2,1,3H3/b10-5+/t12-,13-,14-,15+,16+,19-,20+/m1/s1. The lowest BCUT2D eigenvalue weighted by Crippen LogP contribution is -2.49. The van der Waals surface area contributed by atoms with Gasteiger partial charge in [-0.1, -0.05) is 18.7 Å². The van der Waals surface area contributed by atoms with Crippen molar-refractivity contribution >= 4 is 23.5 Å². The van der Waals surface area contributed by atoms with Gasteiger partial charge in [-0.05, 0) is 19.9 Å². The Labute approximate surface area is 168 Å². The number of carbonyl (C=O) groups is 2. The molecule has 2 fully saturated rings. The summed E-state index contributed by atoms with van der Waals surface area (Å²) in [6, 6.07) is 0. The fraction of sp³-hybridized carbons (Fsp3) is 0.600. The molecule has 7 atom stereocenters. The molecule has 1 saturated carbocycles. The molecular formula is C20H25ClO7. The number of aliphatic hydroxyl groups is 3. The third-order valence-corrected chi connectivity index (χ3v) is 6.57. The van der Waals surface area contributed by atoms with Crippen molar-refractivity contribution < 1.29 is 34.4 Å². The van der Waals surface area contributed by atoms with Crippen molar-refractivity contribution in [3.8, 4) is 0 Å². The van der Waals surface area contributed by atoms with E-state index in [0.717, 1.165) is 0 Å². The van der Waals surface area contributed by atoms with Crippen molar-refractivity contribution in [1.29, 1.82) is 0 Å². The van der Waals surface area contributed by atoms with Crippen molar-refractivity contribution in [2.24, 2.45) is 17.8 Å². The molecule has 1 heterocycles. The molecule has 0 aromatic rings. The summed E-state index contributed by atoms with van der Waals surface area (Å²) in [4.78, 5) is 24.7. The Balaban J connectivity index is 2.04. The molecule has 28 heavy (non-hydrogen) atoms. The van der Waals surface area contributed by atoms with Crippen LogP contribution in [-0.2, 0) is 19.1 Å². The predicted molar refractivity (Wildman–Crippen MR) is 100 cm³/mol. The molecule has 0 spiro atoms. The molecular weight excluding hydrogens is 388 g/mol. The third-order valence-electron chi connectivity index (χ3n) is 6.10. The van der Waals surface area contributed by atoms with Crippen LogP contribution in [0, 0.1) is 17.8 Å². The summed E-state index contributed by atoms with van der Waals surface area (Å²) in [5.41, 5.74) is -2.50. The van der Waals surface area contributed by atoms with Crippen molar-refractivity contribution in [2.75, 3.05) is 12.5 Å². The first-order valence-corrected chi connectivity index (χ1v) is 9.67. The average molecular weight is 413 g/mol. The van der Waals surface area contributed by atoms with E-state index in [2.05, 4.69) is 6.58 Å². The van der Waals surface area contributed by atoms with E-state index in [9.17, 15) is 19.8 Å². The Bertz CT molecular complexity index is 756. The molecule has 1 aliphatic heterocycles. The van der Waals surface area contributed by atoms with Crippen LogP contribution in [0.5, 0.6) is 0 Å². The molecule has 0 bridgehead atoms. The second-order valence-electron chi connectivity index (χ2n) is 8.01. The Morgan fingerprint density at radius 3 is 2.79 bits per heavy atom. The van der Waals surface area contributed by atoms with Crippen LogP contribution in [0.1, 0.15) is 20.3 Å². The minimum Gasteiger partial charge on any atom is -0.458 e. The molecule has 0 radical (unpaired) electrons. The van der Waals surface area contributed by atoms with Gasteiger partial charge in [-0.2, -0.15) is 0 Å². The molecule has 0 aromatic carbocycles. The zero-order valence-electron chi connectivity index (χ0n) is 15.8. The van der Waals surface area contributed by atoms with E-state index in [4.69, 9.17) is 26.2 Å². The Morgan fingerprint density at radius 1 is 1.50 bits per heavy atom. The number of hydrogen-bond donors (Lipinski definition) is 3. The Kier molecular flexibility index (Phi) is 5.49. The van der Waals surface area contributed by atoms with E-state index in [0.29, 0.717) is 0 Å². The van der Waals surface area contributed by atoms with Crippen LogP contribution in [0.4, 0.5) is 0 Å². The molecule has 0 unspecified atom stereocenters. The molecule has 3 N–H and O–H groups in total. The van der Waals surface area contributed by atoms with Gasteiger partial charge >= 0.3 is 11.9 Å². The Morgan fingerprint density at radius 2 is 2.18 bits per heavy atom. The van der Waals surface area contributed by atoms with Crippen LogP contribution in [0.3, 0.4) is 0 Å². The lowest BCUT2D eigenvalue weighted by Gasteiger charge is -2.38. The molecule has 7 nitrogen and oxygen atoms in total. The summed E-state index contributed by atoms with van der Waals surface area (Å²) in [6.07, 6.45) is 2.75. The quantitative estimate of drug-likeness (QED) is 0.271. The molecule has 0 amide bonds. The maximum atomic E-state index is 12.4. The van der Waals surface area contributed by atoms with Crippen LogP contribution in [0.2, 0.25) is 0 Å². The molecule has 0 aromatic heterocycles. The van der Waals surface area contributed by atoms with Crippen LogP contribution >= 0.6 is 11.6 Å². The topological polar surface area (TPSA) is 113 Å². The van der Waals surface area contributed by atoms with Gasteiger partial charge in [0.15, 0.2) is 0 Å². The molecule has 1 saturated heterocycles. The first kappa shape index (κ1) is 21.0. The lowest BCUT2D eigenvalue weighted by atomic mass is 9.73. The first-order valence-electron chi connectivity index (χ1n) is 9.14. The number of esters is 2. The van der Waals surface area contributed by atoms with Crippen LogP contribution in [0.25, 0.3) is 0 Å². The highest BCUT2D eigenvalue weighted by Crippen LogP contribution is 2.53. The zero-order chi connectivity index (χ0) is 20.9. The van der Waals surface area contributed by atoms with E-state index >= 15 is 0 Å². The number of rotatable bonds is 4. The second-order valence-corrected chi connectivity index (χ2v) is 8.28. The lowest BCUT2D eigenvalue weighted by molar-refractivity contribution is -0.151. The number of carbonyl (C=O) groups excluding carboxylic acids is 2. The second kappa shape index (κ2) is 7.30. The van der Waals surface area contributed by atoms with E-state index in [1.54, 1.807) is 19.1 Å². The largest absolute Gasteiger partial charge is 0.458 e. The number of aliphatic hydroxyl groups excluding tert-OH is 1. The molecule has 8 heteroatoms. The monoisotopic (exact) mass is 412 g/mol. The zero-order valence-corrected chi connectivity index (χ0v) is 16.6. The summed E-state index contributed by atoms with van der Waals surface area (Å²) in [7, 11) is 0. The summed E-state index contributed by atoms with van der Waals surface area (Å²) in [6.45, 7) is 6.55. The van der Waals surface area contributed by atoms with Crippen molar-refractivity contribution in [3.63, 3.8) is 0 Å².